The minimum atomic E-state index is -0.705. The normalized spacial score (nSPS) is 12.2. The van der Waals surface area contributed by atoms with Crippen LogP contribution in [0.15, 0.2) is 42.5 Å². The summed E-state index contributed by atoms with van der Waals surface area (Å²) >= 11 is 0. The van der Waals surface area contributed by atoms with E-state index in [0.29, 0.717) is 0 Å². The van der Waals surface area contributed by atoms with Crippen LogP contribution in [0.4, 0.5) is 0 Å². The van der Waals surface area contributed by atoms with Gasteiger partial charge in [-0.1, -0.05) is 81.5 Å². The molecule has 0 saturated heterocycles. The van der Waals surface area contributed by atoms with E-state index in [9.17, 15) is 4.79 Å². The maximum absolute atomic E-state index is 11.1. The average molecular weight is 354 g/mol. The van der Waals surface area contributed by atoms with Crippen LogP contribution in [0.5, 0.6) is 0 Å². The molecule has 0 bridgehead atoms. The molecule has 0 atom stereocenters. The Morgan fingerprint density at radius 3 is 2.08 bits per heavy atom. The van der Waals surface area contributed by atoms with E-state index < -0.39 is 8.80 Å². The van der Waals surface area contributed by atoms with Crippen molar-refractivity contribution in [2.24, 2.45) is 5.41 Å². The summed E-state index contributed by atoms with van der Waals surface area (Å²) in [6, 6.07) is 15.7. The number of hydrogen-bond donors (Lipinski definition) is 0. The first-order valence-electron chi connectivity index (χ1n) is 9.04. The summed E-state index contributed by atoms with van der Waals surface area (Å²) in [7, 11) is 2.84. The lowest BCUT2D eigenvalue weighted by Gasteiger charge is -2.21. The summed E-state index contributed by atoms with van der Waals surface area (Å²) < 4.78 is 0. The van der Waals surface area contributed by atoms with Crippen LogP contribution in [0.3, 0.4) is 0 Å². The van der Waals surface area contributed by atoms with Crippen molar-refractivity contribution in [2.45, 2.75) is 40.3 Å². The van der Waals surface area contributed by atoms with E-state index in [2.05, 4.69) is 55.6 Å². The molecule has 2 aromatic rings. The number of benzene rings is 2. The second-order valence-electron chi connectivity index (χ2n) is 8.31. The van der Waals surface area contributed by atoms with Crippen molar-refractivity contribution in [3.05, 3.63) is 53.6 Å². The maximum Gasteiger partial charge on any atom is 0.227 e. The molecule has 2 nitrogen and oxygen atoms in total. The lowest BCUT2D eigenvalue weighted by atomic mass is 9.95. The zero-order valence-electron chi connectivity index (χ0n) is 16.7. The molecule has 1 aliphatic rings. The van der Waals surface area contributed by atoms with E-state index in [1.807, 2.05) is 20.8 Å². The predicted octanol–water partition coefficient (Wildman–Crippen LogP) is 4.07. The first-order valence-corrected chi connectivity index (χ1v) is 11.9. The SMILES string of the molecule is CN(C)C(=O)C(C)(C)C.C[SiH](C)c1cccc2c1Cc1ccccc1-2. The van der Waals surface area contributed by atoms with Crippen molar-refractivity contribution < 1.29 is 4.79 Å². The van der Waals surface area contributed by atoms with Crippen molar-refractivity contribution in [2.75, 3.05) is 14.1 Å². The van der Waals surface area contributed by atoms with Crippen LogP contribution >= 0.6 is 0 Å². The Morgan fingerprint density at radius 2 is 1.56 bits per heavy atom. The van der Waals surface area contributed by atoms with Gasteiger partial charge >= 0.3 is 0 Å². The second kappa shape index (κ2) is 7.57. The Hall–Kier alpha value is -1.87. The number of nitrogens with zero attached hydrogens (tertiary/aromatic N) is 1. The largest absolute Gasteiger partial charge is 0.348 e. The zero-order chi connectivity index (χ0) is 18.8. The Bertz CT molecular complexity index is 757. The molecule has 0 aromatic heterocycles. The summed E-state index contributed by atoms with van der Waals surface area (Å²) in [5.74, 6) is 0.169. The van der Waals surface area contributed by atoms with Crippen molar-refractivity contribution in [3.8, 4) is 11.1 Å². The van der Waals surface area contributed by atoms with Gasteiger partial charge in [0.1, 0.15) is 0 Å². The lowest BCUT2D eigenvalue weighted by Crippen LogP contribution is -2.33. The van der Waals surface area contributed by atoms with E-state index >= 15 is 0 Å². The van der Waals surface area contributed by atoms with Gasteiger partial charge in [-0.05, 0) is 28.7 Å². The van der Waals surface area contributed by atoms with Gasteiger partial charge in [-0.2, -0.15) is 0 Å². The highest BCUT2D eigenvalue weighted by atomic mass is 28.3. The molecular formula is C22H31NOSi. The quantitative estimate of drug-likeness (QED) is 0.604. The van der Waals surface area contributed by atoms with Crippen molar-refractivity contribution >= 4 is 19.9 Å². The molecule has 1 aliphatic carbocycles. The topological polar surface area (TPSA) is 20.3 Å². The highest BCUT2D eigenvalue weighted by Gasteiger charge is 2.22. The smallest absolute Gasteiger partial charge is 0.227 e. The maximum atomic E-state index is 11.1. The summed E-state index contributed by atoms with van der Waals surface area (Å²) in [5.41, 5.74) is 5.80. The van der Waals surface area contributed by atoms with Gasteiger partial charge in [0.05, 0.1) is 8.80 Å². The fraction of sp³-hybridized carbons (Fsp3) is 0.409. The number of fused-ring (bicyclic) bond motifs is 3. The van der Waals surface area contributed by atoms with Gasteiger partial charge in [-0.3, -0.25) is 4.79 Å². The van der Waals surface area contributed by atoms with E-state index in [1.165, 1.54) is 16.7 Å². The van der Waals surface area contributed by atoms with Crippen molar-refractivity contribution in [1.29, 1.82) is 0 Å². The van der Waals surface area contributed by atoms with Gasteiger partial charge in [0.25, 0.3) is 0 Å². The minimum Gasteiger partial charge on any atom is -0.348 e. The molecule has 2 aromatic carbocycles. The molecule has 25 heavy (non-hydrogen) atoms. The van der Waals surface area contributed by atoms with Crippen LogP contribution < -0.4 is 5.19 Å². The summed E-state index contributed by atoms with van der Waals surface area (Å²) in [6.07, 6.45) is 1.15. The van der Waals surface area contributed by atoms with Crippen LogP contribution in [0, 0.1) is 5.41 Å². The predicted molar refractivity (Wildman–Crippen MR) is 111 cm³/mol. The third-order valence-corrected chi connectivity index (χ3v) is 6.34. The molecule has 0 heterocycles. The Kier molecular flexibility index (Phi) is 5.89. The van der Waals surface area contributed by atoms with E-state index in [-0.39, 0.29) is 11.3 Å². The van der Waals surface area contributed by atoms with Gasteiger partial charge in [0, 0.05) is 19.5 Å². The first kappa shape index (κ1) is 19.5. The van der Waals surface area contributed by atoms with Crippen LogP contribution in [-0.2, 0) is 11.2 Å². The van der Waals surface area contributed by atoms with Crippen LogP contribution in [0.25, 0.3) is 11.1 Å². The number of rotatable bonds is 1. The molecule has 0 aliphatic heterocycles. The van der Waals surface area contributed by atoms with Gasteiger partial charge in [0.15, 0.2) is 0 Å². The molecule has 0 saturated carbocycles. The summed E-state index contributed by atoms with van der Waals surface area (Å²) in [5, 5.41) is 1.65. The van der Waals surface area contributed by atoms with E-state index in [1.54, 1.807) is 29.7 Å². The average Bonchev–Trinajstić information content (AvgIpc) is 2.92. The van der Waals surface area contributed by atoms with Crippen LogP contribution in [0.1, 0.15) is 31.9 Å². The summed E-state index contributed by atoms with van der Waals surface area (Å²) in [4.78, 5) is 12.7. The number of amides is 1. The lowest BCUT2D eigenvalue weighted by molar-refractivity contribution is -0.136. The number of carbonyl (C=O) groups is 1. The molecular weight excluding hydrogens is 322 g/mol. The van der Waals surface area contributed by atoms with Crippen LogP contribution in [0.2, 0.25) is 13.1 Å². The molecule has 0 unspecified atom stereocenters. The molecule has 0 N–H and O–H groups in total. The van der Waals surface area contributed by atoms with Crippen LogP contribution in [-0.4, -0.2) is 33.7 Å². The monoisotopic (exact) mass is 353 g/mol. The van der Waals surface area contributed by atoms with Crippen molar-refractivity contribution in [3.63, 3.8) is 0 Å². The molecule has 3 heteroatoms. The highest BCUT2D eigenvalue weighted by Crippen LogP contribution is 2.35. The fourth-order valence-corrected chi connectivity index (χ4v) is 4.84. The Morgan fingerprint density at radius 1 is 0.960 bits per heavy atom. The molecule has 0 spiro atoms. The van der Waals surface area contributed by atoms with Gasteiger partial charge in [-0.25, -0.2) is 0 Å². The number of hydrogen-bond acceptors (Lipinski definition) is 1. The van der Waals surface area contributed by atoms with Gasteiger partial charge in [0.2, 0.25) is 5.91 Å². The summed E-state index contributed by atoms with van der Waals surface area (Å²) in [6.45, 7) is 10.6. The second-order valence-corrected chi connectivity index (χ2v) is 11.2. The molecule has 3 rings (SSSR count). The standard InChI is InChI=1S/C15H16Si.C7H15NO/c1-16(2)15-9-5-8-13-12-7-4-3-6-11(12)10-14(13)15;1-7(2,3)6(9)8(4)5/h3-9,16H,10H2,1-2H3;1-5H3. The highest BCUT2D eigenvalue weighted by molar-refractivity contribution is 6.71. The van der Waals surface area contributed by atoms with Crippen molar-refractivity contribution in [1.82, 2.24) is 4.90 Å². The fourth-order valence-electron chi connectivity index (χ4n) is 3.39. The number of carbonyl (C=O) groups excluding carboxylic acids is 1. The van der Waals surface area contributed by atoms with E-state index in [4.69, 9.17) is 0 Å². The minimum absolute atomic E-state index is 0.169. The third-order valence-electron chi connectivity index (χ3n) is 4.56. The van der Waals surface area contributed by atoms with Gasteiger partial charge < -0.3 is 4.90 Å². The van der Waals surface area contributed by atoms with Gasteiger partial charge in [-0.15, -0.1) is 0 Å². The first-order chi connectivity index (χ1) is 11.6. The molecule has 134 valence electrons. The Labute approximate surface area is 154 Å². The van der Waals surface area contributed by atoms with E-state index in [0.717, 1.165) is 6.42 Å². The molecule has 1 amide bonds. The molecule has 0 fully saturated rings. The third kappa shape index (κ3) is 4.40. The Balaban J connectivity index is 0.000000217. The zero-order valence-corrected chi connectivity index (χ0v) is 17.8. The molecule has 0 radical (unpaired) electrons.